The van der Waals surface area contributed by atoms with Gasteiger partial charge in [-0.3, -0.25) is 4.79 Å². The van der Waals surface area contributed by atoms with Crippen LogP contribution >= 0.6 is 11.3 Å². The second-order valence-corrected chi connectivity index (χ2v) is 4.23. The molecular formula is C10H11NO2S. The molecule has 1 N–H and O–H groups in total. The van der Waals surface area contributed by atoms with Gasteiger partial charge in [0.05, 0.1) is 6.10 Å². The summed E-state index contributed by atoms with van der Waals surface area (Å²) < 4.78 is 0. The first kappa shape index (κ1) is 9.43. The molecule has 0 saturated carbocycles. The zero-order valence-corrected chi connectivity index (χ0v) is 8.41. The molecular weight excluding hydrogens is 198 g/mol. The predicted molar refractivity (Wildman–Crippen MR) is 55.9 cm³/mol. The Kier molecular flexibility index (Phi) is 2.65. The molecule has 0 bridgehead atoms. The number of carbonyl (C=O) groups excluding carboxylic acids is 1. The van der Waals surface area contributed by atoms with Gasteiger partial charge in [-0.15, -0.1) is 11.3 Å². The van der Waals surface area contributed by atoms with E-state index >= 15 is 0 Å². The second kappa shape index (κ2) is 3.94. The molecule has 74 valence electrons. The molecule has 0 unspecified atom stereocenters. The Bertz CT molecular complexity index is 339. The maximum Gasteiger partial charge on any atom is 0.246 e. The smallest absolute Gasteiger partial charge is 0.246 e. The Morgan fingerprint density at radius 2 is 2.43 bits per heavy atom. The molecule has 3 nitrogen and oxygen atoms in total. The highest BCUT2D eigenvalue weighted by Gasteiger charge is 2.26. The highest BCUT2D eigenvalue weighted by Crippen LogP contribution is 2.12. The fraction of sp³-hybridized carbons (Fsp3) is 0.300. The molecule has 1 fully saturated rings. The third-order valence-corrected chi connectivity index (χ3v) is 2.94. The summed E-state index contributed by atoms with van der Waals surface area (Å²) in [5.41, 5.74) is 0. The second-order valence-electron chi connectivity index (χ2n) is 3.25. The number of thiophene rings is 1. The zero-order valence-electron chi connectivity index (χ0n) is 7.59. The van der Waals surface area contributed by atoms with Crippen molar-refractivity contribution < 1.29 is 9.90 Å². The number of rotatable bonds is 2. The maximum absolute atomic E-state index is 11.4. The van der Waals surface area contributed by atoms with Crippen molar-refractivity contribution in [1.29, 1.82) is 0 Å². The largest absolute Gasteiger partial charge is 0.389 e. The van der Waals surface area contributed by atoms with Crippen LogP contribution in [0.2, 0.25) is 0 Å². The van der Waals surface area contributed by atoms with Crippen molar-refractivity contribution in [2.75, 3.05) is 13.1 Å². The summed E-state index contributed by atoms with van der Waals surface area (Å²) in [5, 5.41) is 11.0. The summed E-state index contributed by atoms with van der Waals surface area (Å²) in [4.78, 5) is 14.1. The predicted octanol–water partition coefficient (Wildman–Crippen LogP) is 0.964. The van der Waals surface area contributed by atoms with Crippen LogP contribution in [0.3, 0.4) is 0 Å². The fourth-order valence-corrected chi connectivity index (χ4v) is 1.90. The lowest BCUT2D eigenvalue weighted by atomic mass is 10.1. The normalized spacial score (nSPS) is 17.4. The Balaban J connectivity index is 1.89. The lowest BCUT2D eigenvalue weighted by Gasteiger charge is -2.34. The van der Waals surface area contributed by atoms with Crippen molar-refractivity contribution in [3.05, 3.63) is 28.5 Å². The van der Waals surface area contributed by atoms with Gasteiger partial charge in [0.2, 0.25) is 5.91 Å². The third kappa shape index (κ3) is 2.02. The molecule has 14 heavy (non-hydrogen) atoms. The van der Waals surface area contributed by atoms with Crippen molar-refractivity contribution in [2.45, 2.75) is 6.10 Å². The molecule has 0 radical (unpaired) electrons. The molecule has 2 heterocycles. The zero-order chi connectivity index (χ0) is 9.97. The van der Waals surface area contributed by atoms with Gasteiger partial charge < -0.3 is 10.0 Å². The topological polar surface area (TPSA) is 40.5 Å². The van der Waals surface area contributed by atoms with Crippen molar-refractivity contribution in [3.63, 3.8) is 0 Å². The van der Waals surface area contributed by atoms with Crippen LogP contribution in [0.5, 0.6) is 0 Å². The monoisotopic (exact) mass is 209 g/mol. The molecule has 1 aromatic rings. The summed E-state index contributed by atoms with van der Waals surface area (Å²) in [6, 6.07) is 3.90. The van der Waals surface area contributed by atoms with Gasteiger partial charge >= 0.3 is 0 Å². The van der Waals surface area contributed by atoms with E-state index in [1.165, 1.54) is 0 Å². The third-order valence-electron chi connectivity index (χ3n) is 2.11. The van der Waals surface area contributed by atoms with Crippen LogP contribution in [0, 0.1) is 0 Å². The molecule has 1 aliphatic heterocycles. The molecule has 1 saturated heterocycles. The van der Waals surface area contributed by atoms with Crippen molar-refractivity contribution in [2.24, 2.45) is 0 Å². The molecule has 1 aromatic heterocycles. The molecule has 0 spiro atoms. The summed E-state index contributed by atoms with van der Waals surface area (Å²) in [5.74, 6) is -0.0244. The minimum atomic E-state index is -0.325. The van der Waals surface area contributed by atoms with E-state index in [2.05, 4.69) is 0 Å². The van der Waals surface area contributed by atoms with Crippen LogP contribution in [0.4, 0.5) is 0 Å². The van der Waals surface area contributed by atoms with E-state index in [0.717, 1.165) is 4.88 Å². The summed E-state index contributed by atoms with van der Waals surface area (Å²) in [6.45, 7) is 0.932. The first-order valence-corrected chi connectivity index (χ1v) is 5.32. The quantitative estimate of drug-likeness (QED) is 0.737. The van der Waals surface area contributed by atoms with Crippen molar-refractivity contribution in [3.8, 4) is 0 Å². The average molecular weight is 209 g/mol. The molecule has 0 aromatic carbocycles. The lowest BCUT2D eigenvalue weighted by Crippen LogP contribution is -2.52. The van der Waals surface area contributed by atoms with Crippen molar-refractivity contribution in [1.82, 2.24) is 4.90 Å². The van der Waals surface area contributed by atoms with Crippen LogP contribution in [-0.2, 0) is 4.79 Å². The number of aliphatic hydroxyl groups excluding tert-OH is 1. The molecule has 0 atom stereocenters. The molecule has 1 amide bonds. The van der Waals surface area contributed by atoms with Crippen LogP contribution in [0.15, 0.2) is 23.6 Å². The van der Waals surface area contributed by atoms with Gasteiger partial charge in [0, 0.05) is 24.0 Å². The first-order chi connectivity index (χ1) is 6.75. The molecule has 1 aliphatic rings. The Morgan fingerprint density at radius 1 is 1.64 bits per heavy atom. The Labute approximate surface area is 86.3 Å². The highest BCUT2D eigenvalue weighted by atomic mass is 32.1. The number of carbonyl (C=O) groups is 1. The minimum Gasteiger partial charge on any atom is -0.389 e. The van der Waals surface area contributed by atoms with Crippen molar-refractivity contribution >= 4 is 23.3 Å². The Morgan fingerprint density at radius 3 is 3.00 bits per heavy atom. The minimum absolute atomic E-state index is 0.0244. The SMILES string of the molecule is O=C(/C=C/c1cccs1)N1CC(O)C1. The molecule has 2 rings (SSSR count). The molecule has 0 aliphatic carbocycles. The number of nitrogens with zero attached hydrogens (tertiary/aromatic N) is 1. The fourth-order valence-electron chi connectivity index (χ4n) is 1.28. The van der Waals surface area contributed by atoms with Crippen LogP contribution in [-0.4, -0.2) is 35.1 Å². The number of β-amino-alcohol motifs (C(OH)–C–C–N with tert-alkyl or cyclic N) is 1. The van der Waals surface area contributed by atoms with Gasteiger partial charge in [0.25, 0.3) is 0 Å². The Hall–Kier alpha value is -1.13. The van der Waals surface area contributed by atoms with Gasteiger partial charge in [0.1, 0.15) is 0 Å². The van der Waals surface area contributed by atoms with Gasteiger partial charge in [-0.2, -0.15) is 0 Å². The van der Waals surface area contributed by atoms with Crippen LogP contribution in [0.1, 0.15) is 4.88 Å². The molecule has 4 heteroatoms. The summed E-state index contributed by atoms with van der Waals surface area (Å²) in [6.07, 6.45) is 3.03. The van der Waals surface area contributed by atoms with E-state index in [0.29, 0.717) is 13.1 Å². The van der Waals surface area contributed by atoms with Gasteiger partial charge in [-0.1, -0.05) is 6.07 Å². The summed E-state index contributed by atoms with van der Waals surface area (Å²) in [7, 11) is 0. The van der Waals surface area contributed by atoms with E-state index in [1.807, 2.05) is 17.5 Å². The number of likely N-dealkylation sites (tertiary alicyclic amines) is 1. The lowest BCUT2D eigenvalue weighted by molar-refractivity contribution is -0.135. The summed E-state index contributed by atoms with van der Waals surface area (Å²) >= 11 is 1.60. The van der Waals surface area contributed by atoms with Crippen LogP contribution in [0.25, 0.3) is 6.08 Å². The van der Waals surface area contributed by atoms with Gasteiger partial charge in [0.15, 0.2) is 0 Å². The van der Waals surface area contributed by atoms with Gasteiger partial charge in [-0.25, -0.2) is 0 Å². The number of amides is 1. The number of hydrogen-bond acceptors (Lipinski definition) is 3. The van der Waals surface area contributed by atoms with E-state index < -0.39 is 0 Å². The highest BCUT2D eigenvalue weighted by molar-refractivity contribution is 7.10. The maximum atomic E-state index is 11.4. The average Bonchev–Trinajstić information content (AvgIpc) is 2.61. The number of hydrogen-bond donors (Lipinski definition) is 1. The van der Waals surface area contributed by atoms with E-state index in [9.17, 15) is 4.79 Å². The van der Waals surface area contributed by atoms with E-state index in [1.54, 1.807) is 28.4 Å². The van der Waals surface area contributed by atoms with Gasteiger partial charge in [-0.05, 0) is 17.5 Å². The number of aliphatic hydroxyl groups is 1. The van der Waals surface area contributed by atoms with E-state index in [4.69, 9.17) is 5.11 Å². The van der Waals surface area contributed by atoms with E-state index in [-0.39, 0.29) is 12.0 Å². The standard InChI is InChI=1S/C10H11NO2S/c12-8-6-11(7-8)10(13)4-3-9-2-1-5-14-9/h1-5,8,12H,6-7H2/b4-3+. The van der Waals surface area contributed by atoms with Crippen LogP contribution < -0.4 is 0 Å². The first-order valence-electron chi connectivity index (χ1n) is 4.44.